The molecule has 1 aromatic carbocycles. The zero-order valence-corrected chi connectivity index (χ0v) is 8.22. The highest BCUT2D eigenvalue weighted by atomic mass is 19.1. The number of anilines is 1. The minimum atomic E-state index is -0.418. The maximum Gasteiger partial charge on any atom is 0.276 e. The lowest BCUT2D eigenvalue weighted by molar-refractivity contribution is 0.102. The summed E-state index contributed by atoms with van der Waals surface area (Å²) >= 11 is 0. The summed E-state index contributed by atoms with van der Waals surface area (Å²) in [5.74, 6) is -0.823. The van der Waals surface area contributed by atoms with E-state index in [-0.39, 0.29) is 5.69 Å². The quantitative estimate of drug-likeness (QED) is 0.835. The summed E-state index contributed by atoms with van der Waals surface area (Å²) in [6, 6.07) is 8.78. The first-order valence-electron chi connectivity index (χ1n) is 4.60. The number of amides is 1. The second-order valence-corrected chi connectivity index (χ2v) is 3.07. The molecule has 16 heavy (non-hydrogen) atoms. The van der Waals surface area contributed by atoms with Gasteiger partial charge >= 0.3 is 0 Å². The summed E-state index contributed by atoms with van der Waals surface area (Å²) in [7, 11) is 0. The van der Waals surface area contributed by atoms with E-state index in [1.165, 1.54) is 30.5 Å². The molecule has 5 heteroatoms. The molecule has 0 bridgehead atoms. The Kier molecular flexibility index (Phi) is 2.86. The van der Waals surface area contributed by atoms with E-state index < -0.39 is 11.7 Å². The van der Waals surface area contributed by atoms with Crippen molar-refractivity contribution in [2.24, 2.45) is 0 Å². The van der Waals surface area contributed by atoms with E-state index in [1.807, 2.05) is 0 Å². The minimum Gasteiger partial charge on any atom is -0.320 e. The number of rotatable bonds is 2. The molecule has 0 aliphatic heterocycles. The van der Waals surface area contributed by atoms with Crippen molar-refractivity contribution < 1.29 is 9.18 Å². The Morgan fingerprint density at radius 3 is 2.81 bits per heavy atom. The predicted octanol–water partition coefficient (Wildman–Crippen LogP) is 1.87. The number of nitrogens with one attached hydrogen (secondary N) is 1. The Hall–Kier alpha value is -2.30. The third-order valence-corrected chi connectivity index (χ3v) is 1.89. The highest BCUT2D eigenvalue weighted by Gasteiger charge is 2.07. The number of carbonyl (C=O) groups is 1. The highest BCUT2D eigenvalue weighted by Crippen LogP contribution is 2.09. The van der Waals surface area contributed by atoms with Crippen molar-refractivity contribution >= 4 is 11.6 Å². The topological polar surface area (TPSA) is 54.9 Å². The summed E-state index contributed by atoms with van der Waals surface area (Å²) in [4.78, 5) is 11.6. The molecule has 2 rings (SSSR count). The van der Waals surface area contributed by atoms with E-state index >= 15 is 0 Å². The Morgan fingerprint density at radius 1 is 1.25 bits per heavy atom. The van der Waals surface area contributed by atoms with E-state index in [0.29, 0.717) is 5.69 Å². The van der Waals surface area contributed by atoms with Crippen LogP contribution in [0.15, 0.2) is 42.6 Å². The van der Waals surface area contributed by atoms with Crippen LogP contribution in [-0.2, 0) is 0 Å². The van der Waals surface area contributed by atoms with E-state index in [4.69, 9.17) is 0 Å². The summed E-state index contributed by atoms with van der Waals surface area (Å²) in [6.07, 6.45) is 1.47. The third kappa shape index (κ3) is 2.38. The smallest absolute Gasteiger partial charge is 0.276 e. The maximum atomic E-state index is 12.8. The molecule has 0 fully saturated rings. The molecule has 0 aliphatic carbocycles. The van der Waals surface area contributed by atoms with Gasteiger partial charge in [-0.2, -0.15) is 5.10 Å². The normalized spacial score (nSPS) is 9.81. The molecule has 0 radical (unpaired) electrons. The second-order valence-electron chi connectivity index (χ2n) is 3.07. The molecule has 0 aliphatic rings. The van der Waals surface area contributed by atoms with Gasteiger partial charge in [0.2, 0.25) is 0 Å². The average molecular weight is 217 g/mol. The van der Waals surface area contributed by atoms with Crippen molar-refractivity contribution in [1.82, 2.24) is 10.2 Å². The first-order valence-corrected chi connectivity index (χ1v) is 4.60. The molecule has 0 unspecified atom stereocenters. The van der Waals surface area contributed by atoms with Gasteiger partial charge in [-0.25, -0.2) is 4.39 Å². The van der Waals surface area contributed by atoms with Crippen LogP contribution in [0.5, 0.6) is 0 Å². The van der Waals surface area contributed by atoms with Gasteiger partial charge in [-0.15, -0.1) is 5.10 Å². The van der Waals surface area contributed by atoms with E-state index in [1.54, 1.807) is 12.1 Å². The number of aromatic nitrogens is 2. The Labute approximate surface area is 91.1 Å². The number of hydrogen-bond acceptors (Lipinski definition) is 3. The number of benzene rings is 1. The van der Waals surface area contributed by atoms with Gasteiger partial charge in [0, 0.05) is 11.9 Å². The highest BCUT2D eigenvalue weighted by molar-refractivity contribution is 6.02. The molecule has 1 N–H and O–H groups in total. The molecule has 4 nitrogen and oxygen atoms in total. The van der Waals surface area contributed by atoms with Crippen LogP contribution in [0.2, 0.25) is 0 Å². The van der Waals surface area contributed by atoms with Crippen molar-refractivity contribution in [3.05, 3.63) is 54.1 Å². The molecule has 0 atom stereocenters. The number of nitrogens with zero attached hydrogens (tertiary/aromatic N) is 2. The van der Waals surface area contributed by atoms with Gasteiger partial charge in [0.1, 0.15) is 5.82 Å². The molecular weight excluding hydrogens is 209 g/mol. The van der Waals surface area contributed by atoms with E-state index in [2.05, 4.69) is 15.5 Å². The van der Waals surface area contributed by atoms with Crippen LogP contribution >= 0.6 is 0 Å². The van der Waals surface area contributed by atoms with Crippen LogP contribution in [0, 0.1) is 5.82 Å². The largest absolute Gasteiger partial charge is 0.320 e. The number of carbonyl (C=O) groups excluding carboxylic acids is 1. The Balaban J connectivity index is 2.14. The standard InChI is InChI=1S/C11H8FN3O/c12-8-3-1-4-9(7-8)14-11(16)10-5-2-6-13-15-10/h1-7H,(H,14,16). The van der Waals surface area contributed by atoms with Crippen LogP contribution in [0.3, 0.4) is 0 Å². The molecule has 80 valence electrons. The van der Waals surface area contributed by atoms with Gasteiger partial charge in [0.25, 0.3) is 5.91 Å². The van der Waals surface area contributed by atoms with Gasteiger partial charge < -0.3 is 5.32 Å². The van der Waals surface area contributed by atoms with Crippen LogP contribution in [0.1, 0.15) is 10.5 Å². The van der Waals surface area contributed by atoms with Gasteiger partial charge in [0.05, 0.1) is 0 Å². The lowest BCUT2D eigenvalue weighted by Gasteiger charge is -2.03. The van der Waals surface area contributed by atoms with Gasteiger partial charge in [-0.3, -0.25) is 4.79 Å². The van der Waals surface area contributed by atoms with Crippen molar-refractivity contribution in [3.8, 4) is 0 Å². The Morgan fingerprint density at radius 2 is 2.12 bits per heavy atom. The van der Waals surface area contributed by atoms with Gasteiger partial charge in [0.15, 0.2) is 5.69 Å². The molecule has 0 spiro atoms. The van der Waals surface area contributed by atoms with Crippen LogP contribution in [0.25, 0.3) is 0 Å². The van der Waals surface area contributed by atoms with Crippen molar-refractivity contribution in [2.45, 2.75) is 0 Å². The molecule has 1 amide bonds. The zero-order chi connectivity index (χ0) is 11.4. The predicted molar refractivity (Wildman–Crippen MR) is 56.4 cm³/mol. The molecule has 1 aromatic heterocycles. The lowest BCUT2D eigenvalue weighted by atomic mass is 10.3. The van der Waals surface area contributed by atoms with Crippen LogP contribution in [-0.4, -0.2) is 16.1 Å². The maximum absolute atomic E-state index is 12.8. The molecule has 1 heterocycles. The fourth-order valence-electron chi connectivity index (χ4n) is 1.18. The van der Waals surface area contributed by atoms with E-state index in [0.717, 1.165) is 0 Å². The number of halogens is 1. The summed E-state index contributed by atoms with van der Waals surface area (Å²) in [5.41, 5.74) is 0.572. The molecule has 0 saturated carbocycles. The Bertz CT molecular complexity index is 502. The lowest BCUT2D eigenvalue weighted by Crippen LogP contribution is -2.14. The molecule has 0 saturated heterocycles. The number of hydrogen-bond donors (Lipinski definition) is 1. The second kappa shape index (κ2) is 4.48. The van der Waals surface area contributed by atoms with Crippen molar-refractivity contribution in [2.75, 3.05) is 5.32 Å². The van der Waals surface area contributed by atoms with Gasteiger partial charge in [-0.05, 0) is 30.3 Å². The van der Waals surface area contributed by atoms with E-state index in [9.17, 15) is 9.18 Å². The molecular formula is C11H8FN3O. The van der Waals surface area contributed by atoms with Crippen molar-refractivity contribution in [1.29, 1.82) is 0 Å². The summed E-state index contributed by atoms with van der Waals surface area (Å²) in [6.45, 7) is 0. The first kappa shape index (κ1) is 10.2. The summed E-state index contributed by atoms with van der Waals surface area (Å²) in [5, 5.41) is 9.74. The van der Waals surface area contributed by atoms with Gasteiger partial charge in [-0.1, -0.05) is 6.07 Å². The fraction of sp³-hybridized carbons (Fsp3) is 0. The summed E-state index contributed by atoms with van der Waals surface area (Å²) < 4.78 is 12.8. The third-order valence-electron chi connectivity index (χ3n) is 1.89. The van der Waals surface area contributed by atoms with Crippen molar-refractivity contribution in [3.63, 3.8) is 0 Å². The molecule has 2 aromatic rings. The van der Waals surface area contributed by atoms with Crippen LogP contribution < -0.4 is 5.32 Å². The van der Waals surface area contributed by atoms with Crippen LogP contribution in [0.4, 0.5) is 10.1 Å². The SMILES string of the molecule is O=C(Nc1cccc(F)c1)c1cccnn1. The monoisotopic (exact) mass is 217 g/mol. The zero-order valence-electron chi connectivity index (χ0n) is 8.22. The first-order chi connectivity index (χ1) is 7.75. The fourth-order valence-corrected chi connectivity index (χ4v) is 1.18. The minimum absolute atomic E-state index is 0.187. The average Bonchev–Trinajstić information content (AvgIpc) is 2.30.